The van der Waals surface area contributed by atoms with E-state index < -0.39 is 5.66 Å². The highest BCUT2D eigenvalue weighted by Gasteiger charge is 2.51. The van der Waals surface area contributed by atoms with E-state index in [0.29, 0.717) is 0 Å². The van der Waals surface area contributed by atoms with Crippen molar-refractivity contribution >= 4 is 17.7 Å². The van der Waals surface area contributed by atoms with Gasteiger partial charge in [0.15, 0.2) is 5.69 Å². The number of anilines is 1. The number of aliphatic imine (C=N–C) groups is 1. The Labute approximate surface area is 171 Å². The quantitative estimate of drug-likeness (QED) is 0.553. The van der Waals surface area contributed by atoms with Crippen LogP contribution in [0.15, 0.2) is 126 Å². The highest BCUT2D eigenvalue weighted by atomic mass is 15.7. The molecular weight excluding hydrogens is 354 g/mol. The zero-order valence-corrected chi connectivity index (χ0v) is 16.0. The zero-order valence-electron chi connectivity index (χ0n) is 16.0. The highest BCUT2D eigenvalue weighted by molar-refractivity contribution is 5.65. The summed E-state index contributed by atoms with van der Waals surface area (Å²) in [7, 11) is 0. The Balaban J connectivity index is 1.78. The summed E-state index contributed by atoms with van der Waals surface area (Å²) >= 11 is 0. The first-order valence-electron chi connectivity index (χ1n) is 9.83. The summed E-state index contributed by atoms with van der Waals surface area (Å²) in [5.41, 5.74) is 3.87. The number of benzene rings is 4. The predicted molar refractivity (Wildman–Crippen MR) is 118 cm³/mol. The summed E-state index contributed by atoms with van der Waals surface area (Å²) in [6, 6.07) is 42.1. The largest absolute Gasteiger partial charge is 0.235 e. The normalized spacial score (nSPS) is 17.4. The molecule has 0 radical (unpaired) electrons. The monoisotopic (exact) mass is 376 g/mol. The van der Waals surface area contributed by atoms with Crippen LogP contribution in [0.1, 0.15) is 11.1 Å². The Bertz CT molecular complexity index is 1050. The van der Waals surface area contributed by atoms with Crippen LogP contribution in [0.2, 0.25) is 0 Å². The van der Waals surface area contributed by atoms with E-state index >= 15 is 0 Å². The second-order valence-electron chi connectivity index (χ2n) is 7.08. The fourth-order valence-electron chi connectivity index (χ4n) is 4.07. The molecule has 0 fully saturated rings. The first-order valence-corrected chi connectivity index (χ1v) is 9.83. The van der Waals surface area contributed by atoms with Crippen molar-refractivity contribution < 1.29 is 5.01 Å². The standard InChI is InChI=1S/C26H21N3/c1-5-13-22(14-6-1)26(23-15-7-2-8-16-23)27-21-28(24-17-9-3-10-18-24)29(26)25-19-11-4-12-20-25/h1-21H/p+1. The number of hydrogen-bond donors (Lipinski definition) is 1. The molecule has 0 aliphatic carbocycles. The summed E-state index contributed by atoms with van der Waals surface area (Å²) in [5, 5.41) is 3.44. The smallest absolute Gasteiger partial charge is 0.196 e. The lowest BCUT2D eigenvalue weighted by molar-refractivity contribution is -0.734. The molecule has 0 aromatic heterocycles. The van der Waals surface area contributed by atoms with Gasteiger partial charge in [0.1, 0.15) is 0 Å². The van der Waals surface area contributed by atoms with Crippen molar-refractivity contribution in [2.45, 2.75) is 5.66 Å². The third-order valence-corrected chi connectivity index (χ3v) is 5.37. The Kier molecular flexibility index (Phi) is 4.43. The lowest BCUT2D eigenvalue weighted by Crippen LogP contribution is -3.13. The number of nitrogens with one attached hydrogen (secondary N) is 1. The molecule has 1 N–H and O–H groups in total. The average Bonchev–Trinajstić information content (AvgIpc) is 3.23. The van der Waals surface area contributed by atoms with Crippen LogP contribution < -0.4 is 10.0 Å². The molecule has 1 unspecified atom stereocenters. The summed E-state index contributed by atoms with van der Waals surface area (Å²) in [5.74, 6) is 0. The van der Waals surface area contributed by atoms with E-state index in [1.165, 1.54) is 0 Å². The Hall–Kier alpha value is -3.69. The van der Waals surface area contributed by atoms with Gasteiger partial charge in [-0.2, -0.15) is 15.0 Å². The Morgan fingerprint density at radius 2 is 1.00 bits per heavy atom. The van der Waals surface area contributed by atoms with Crippen LogP contribution in [0.5, 0.6) is 0 Å². The maximum Gasteiger partial charge on any atom is 0.235 e. The van der Waals surface area contributed by atoms with E-state index in [1.54, 1.807) is 0 Å². The lowest BCUT2D eigenvalue weighted by Gasteiger charge is -2.38. The molecule has 29 heavy (non-hydrogen) atoms. The molecule has 0 amide bonds. The second kappa shape index (κ2) is 7.38. The molecule has 3 nitrogen and oxygen atoms in total. The van der Waals surface area contributed by atoms with Gasteiger partial charge in [-0.15, -0.1) is 0 Å². The van der Waals surface area contributed by atoms with E-state index in [4.69, 9.17) is 4.99 Å². The van der Waals surface area contributed by atoms with Gasteiger partial charge in [0.05, 0.1) is 5.69 Å². The minimum absolute atomic E-state index is 0.658. The summed E-state index contributed by atoms with van der Waals surface area (Å²) in [6.07, 6.45) is 2.02. The van der Waals surface area contributed by atoms with Crippen molar-refractivity contribution in [3.05, 3.63) is 132 Å². The van der Waals surface area contributed by atoms with Gasteiger partial charge in [-0.3, -0.25) is 0 Å². The predicted octanol–water partition coefficient (Wildman–Crippen LogP) is 4.57. The van der Waals surface area contributed by atoms with Crippen LogP contribution in [-0.2, 0) is 5.66 Å². The second-order valence-corrected chi connectivity index (χ2v) is 7.08. The number of hydrogen-bond acceptors (Lipinski definition) is 2. The number of nitrogens with zero attached hydrogens (tertiary/aromatic N) is 2. The maximum absolute atomic E-state index is 5.19. The molecule has 0 saturated heterocycles. The average molecular weight is 376 g/mol. The molecule has 3 heteroatoms. The van der Waals surface area contributed by atoms with Crippen molar-refractivity contribution in [3.63, 3.8) is 0 Å². The third-order valence-electron chi connectivity index (χ3n) is 5.37. The Morgan fingerprint density at radius 1 is 0.552 bits per heavy atom. The van der Waals surface area contributed by atoms with Gasteiger partial charge in [0.25, 0.3) is 0 Å². The van der Waals surface area contributed by atoms with E-state index in [2.05, 4.69) is 120 Å². The number of para-hydroxylation sites is 2. The molecule has 140 valence electrons. The molecule has 1 heterocycles. The number of rotatable bonds is 4. The van der Waals surface area contributed by atoms with Crippen molar-refractivity contribution in [3.8, 4) is 0 Å². The van der Waals surface area contributed by atoms with Gasteiger partial charge in [-0.1, -0.05) is 97.1 Å². The van der Waals surface area contributed by atoms with Crippen molar-refractivity contribution in [1.82, 2.24) is 0 Å². The third kappa shape index (κ3) is 2.93. The molecule has 5 rings (SSSR count). The lowest BCUT2D eigenvalue weighted by atomic mass is 9.90. The highest BCUT2D eigenvalue weighted by Crippen LogP contribution is 2.40. The number of quaternary nitrogens is 1. The van der Waals surface area contributed by atoms with Crippen LogP contribution in [0, 0.1) is 0 Å². The maximum atomic E-state index is 5.19. The molecule has 0 saturated carbocycles. The topological polar surface area (TPSA) is 20.0 Å². The van der Waals surface area contributed by atoms with Crippen LogP contribution >= 0.6 is 0 Å². The molecule has 4 aromatic carbocycles. The van der Waals surface area contributed by atoms with E-state index in [9.17, 15) is 0 Å². The van der Waals surface area contributed by atoms with Gasteiger partial charge in [0, 0.05) is 23.3 Å². The minimum Gasteiger partial charge on any atom is -0.196 e. The zero-order chi connectivity index (χ0) is 19.5. The van der Waals surface area contributed by atoms with Crippen LogP contribution in [0.25, 0.3) is 0 Å². The van der Waals surface area contributed by atoms with E-state index in [1.807, 2.05) is 12.4 Å². The molecule has 1 aliphatic heterocycles. The van der Waals surface area contributed by atoms with Gasteiger partial charge in [-0.25, -0.2) is 0 Å². The molecule has 0 spiro atoms. The first kappa shape index (κ1) is 17.4. The van der Waals surface area contributed by atoms with Gasteiger partial charge in [0.2, 0.25) is 12.0 Å². The summed E-state index contributed by atoms with van der Waals surface area (Å²) < 4.78 is 0. The molecule has 4 aromatic rings. The first-order chi connectivity index (χ1) is 14.4. The molecule has 0 bridgehead atoms. The summed E-state index contributed by atoms with van der Waals surface area (Å²) in [6.45, 7) is 0. The van der Waals surface area contributed by atoms with Crippen molar-refractivity contribution in [2.24, 2.45) is 4.99 Å². The molecule has 1 aliphatic rings. The fraction of sp³-hybridized carbons (Fsp3) is 0.0385. The van der Waals surface area contributed by atoms with Crippen molar-refractivity contribution in [1.29, 1.82) is 0 Å². The van der Waals surface area contributed by atoms with Crippen molar-refractivity contribution in [2.75, 3.05) is 5.01 Å². The Morgan fingerprint density at radius 3 is 1.52 bits per heavy atom. The summed E-state index contributed by atoms with van der Waals surface area (Å²) in [4.78, 5) is 5.19. The van der Waals surface area contributed by atoms with Crippen LogP contribution in [-0.4, -0.2) is 6.34 Å². The van der Waals surface area contributed by atoms with Gasteiger partial charge >= 0.3 is 0 Å². The van der Waals surface area contributed by atoms with Crippen LogP contribution in [0.3, 0.4) is 0 Å². The SMILES string of the molecule is C1=NC(c2ccccc2)(c2ccccc2)N(c2ccccc2)[NH+]1c1ccccc1. The minimum atomic E-state index is -0.658. The molecular formula is C26H22N3+. The van der Waals surface area contributed by atoms with E-state index in [-0.39, 0.29) is 0 Å². The van der Waals surface area contributed by atoms with Gasteiger partial charge in [-0.05, 0) is 12.1 Å². The van der Waals surface area contributed by atoms with Crippen LogP contribution in [0.4, 0.5) is 11.4 Å². The fourth-order valence-corrected chi connectivity index (χ4v) is 4.07. The molecule has 1 atom stereocenters. The van der Waals surface area contributed by atoms with E-state index in [0.717, 1.165) is 27.5 Å². The van der Waals surface area contributed by atoms with Gasteiger partial charge < -0.3 is 0 Å².